The first-order chi connectivity index (χ1) is 24.9. The molecule has 0 aliphatic carbocycles. The third-order valence-electron chi connectivity index (χ3n) is 10.1. The number of benzene rings is 4. The highest BCUT2D eigenvalue weighted by atomic mass is 16.5. The van der Waals surface area contributed by atoms with Crippen LogP contribution < -0.4 is 4.74 Å². The zero-order valence-corrected chi connectivity index (χ0v) is 32.3. The first-order valence-electron chi connectivity index (χ1n) is 19.0. The fourth-order valence-corrected chi connectivity index (χ4v) is 7.45. The second-order valence-corrected chi connectivity index (χ2v) is 15.9. The smallest absolute Gasteiger partial charge is 0.137 e. The molecule has 3 heterocycles. The molecular weight excluding hydrogens is 637 g/mol. The molecule has 5 heteroatoms. The monoisotopic (exact) mass is 688 g/mol. The minimum Gasteiger partial charge on any atom is -0.457 e. The largest absolute Gasteiger partial charge is 0.457 e. The molecule has 0 saturated heterocycles. The average Bonchev–Trinajstić information content (AvgIpc) is 3.66. The summed E-state index contributed by atoms with van der Waals surface area (Å²) in [7, 11) is 0. The van der Waals surface area contributed by atoms with Crippen LogP contribution in [0.1, 0.15) is 96.3 Å². The number of hydrogen-bond donors (Lipinski definition) is 0. The number of rotatable bonds is 10. The Labute approximate surface area is 309 Å². The number of aromatic nitrogens is 4. The third-order valence-corrected chi connectivity index (χ3v) is 10.1. The van der Waals surface area contributed by atoms with Crippen molar-refractivity contribution in [1.82, 2.24) is 19.3 Å². The summed E-state index contributed by atoms with van der Waals surface area (Å²) < 4.78 is 11.3. The molecule has 52 heavy (non-hydrogen) atoms. The summed E-state index contributed by atoms with van der Waals surface area (Å²) >= 11 is 0. The van der Waals surface area contributed by atoms with E-state index in [4.69, 9.17) is 14.8 Å². The Morgan fingerprint density at radius 3 is 2.21 bits per heavy atom. The Morgan fingerprint density at radius 2 is 1.52 bits per heavy atom. The number of ether oxygens (including phenoxy) is 1. The highest BCUT2D eigenvalue weighted by Gasteiger charge is 2.21. The van der Waals surface area contributed by atoms with Crippen LogP contribution in [-0.4, -0.2) is 19.3 Å². The second kappa shape index (κ2) is 14.1. The van der Waals surface area contributed by atoms with Crippen LogP contribution in [0.3, 0.4) is 0 Å². The third kappa shape index (κ3) is 6.77. The zero-order valence-electron chi connectivity index (χ0n) is 32.3. The molecule has 0 aliphatic heterocycles. The first kappa shape index (κ1) is 35.3. The summed E-state index contributed by atoms with van der Waals surface area (Å²) in [6, 6.07) is 35.0. The summed E-state index contributed by atoms with van der Waals surface area (Å²) in [6.45, 7) is 20.2. The van der Waals surface area contributed by atoms with Gasteiger partial charge in [0.05, 0.1) is 28.1 Å². The van der Waals surface area contributed by atoms with Gasteiger partial charge in [0.2, 0.25) is 0 Å². The number of aryl methyl sites for hydroxylation is 1. The average molecular weight is 689 g/mol. The molecule has 0 spiro atoms. The molecule has 0 saturated carbocycles. The maximum Gasteiger partial charge on any atom is 0.137 e. The van der Waals surface area contributed by atoms with Crippen LogP contribution in [0.15, 0.2) is 103 Å². The number of hydrogen-bond acceptors (Lipinski definition) is 3. The van der Waals surface area contributed by atoms with Crippen molar-refractivity contribution in [2.75, 3.05) is 0 Å². The van der Waals surface area contributed by atoms with Gasteiger partial charge in [-0.15, -0.1) is 0 Å². The molecule has 0 radical (unpaired) electrons. The van der Waals surface area contributed by atoms with E-state index in [1.807, 2.05) is 6.20 Å². The van der Waals surface area contributed by atoms with Crippen LogP contribution in [0.2, 0.25) is 0 Å². The van der Waals surface area contributed by atoms with Crippen LogP contribution in [-0.2, 0) is 24.7 Å². The Morgan fingerprint density at radius 1 is 0.731 bits per heavy atom. The van der Waals surface area contributed by atoms with Crippen molar-refractivity contribution in [1.29, 1.82) is 0 Å². The molecule has 7 aromatic rings. The molecule has 0 fully saturated rings. The van der Waals surface area contributed by atoms with Crippen LogP contribution in [0, 0.1) is 5.92 Å². The normalized spacial score (nSPS) is 12.1. The van der Waals surface area contributed by atoms with Gasteiger partial charge < -0.3 is 4.74 Å². The fourth-order valence-electron chi connectivity index (χ4n) is 7.45. The highest BCUT2D eigenvalue weighted by Crippen LogP contribution is 2.38. The van der Waals surface area contributed by atoms with E-state index in [1.165, 1.54) is 44.3 Å². The van der Waals surface area contributed by atoms with E-state index in [2.05, 4.69) is 169 Å². The number of nitrogens with zero attached hydrogens (tertiary/aromatic N) is 4. The predicted octanol–water partition coefficient (Wildman–Crippen LogP) is 12.6. The van der Waals surface area contributed by atoms with E-state index in [0.29, 0.717) is 11.8 Å². The van der Waals surface area contributed by atoms with Crippen LogP contribution in [0.4, 0.5) is 0 Å². The van der Waals surface area contributed by atoms with Crippen molar-refractivity contribution in [3.63, 3.8) is 0 Å². The molecule has 0 bridgehead atoms. The molecule has 266 valence electrons. The molecule has 5 nitrogen and oxygen atoms in total. The van der Waals surface area contributed by atoms with Crippen LogP contribution in [0.5, 0.6) is 11.5 Å². The van der Waals surface area contributed by atoms with E-state index in [1.54, 1.807) is 0 Å². The van der Waals surface area contributed by atoms with Gasteiger partial charge in [0, 0.05) is 34.7 Å². The summed E-state index contributed by atoms with van der Waals surface area (Å²) in [5, 5.41) is 7.63. The van der Waals surface area contributed by atoms with E-state index in [0.717, 1.165) is 59.0 Å². The lowest BCUT2D eigenvalue weighted by molar-refractivity contribution is 0.481. The quantitative estimate of drug-likeness (QED) is 0.144. The van der Waals surface area contributed by atoms with Gasteiger partial charge in [0.25, 0.3) is 0 Å². The van der Waals surface area contributed by atoms with Gasteiger partial charge in [-0.25, -0.2) is 9.67 Å². The molecule has 0 aliphatic rings. The molecule has 4 aromatic carbocycles. The lowest BCUT2D eigenvalue weighted by Gasteiger charge is -2.20. The van der Waals surface area contributed by atoms with Crippen molar-refractivity contribution in [2.45, 2.75) is 92.9 Å². The molecule has 0 atom stereocenters. The standard InChI is InChI=1S/C47H52N4O/c1-10-41-46(33-15-13-12-14-16-33)42(11-2)51(49-41)36-25-34(31(5)6)26-38(28-36)52-37-18-19-39-40-24-32(23-30(3)4)17-20-43(40)50(44(39)29-37)45-27-35(21-22-48-45)47(7,8)9/h12-22,24-31H,10-11,23H2,1-9H3. The summed E-state index contributed by atoms with van der Waals surface area (Å²) in [5.74, 6) is 3.39. The van der Waals surface area contributed by atoms with Gasteiger partial charge in [-0.05, 0) is 107 Å². The molecule has 0 N–H and O–H groups in total. The molecule has 0 amide bonds. The lowest BCUT2D eigenvalue weighted by Crippen LogP contribution is -2.12. The zero-order chi connectivity index (χ0) is 36.7. The Hall–Kier alpha value is -5.16. The van der Waals surface area contributed by atoms with Crippen molar-refractivity contribution in [3.8, 4) is 34.1 Å². The molecule has 7 rings (SSSR count). The Balaban J connectivity index is 1.37. The second-order valence-electron chi connectivity index (χ2n) is 15.9. The fraction of sp³-hybridized carbons (Fsp3) is 0.319. The van der Waals surface area contributed by atoms with Crippen molar-refractivity contribution < 1.29 is 4.74 Å². The maximum atomic E-state index is 6.83. The Bertz CT molecular complexity index is 2370. The molecule has 0 unspecified atom stereocenters. The van der Waals surface area contributed by atoms with Crippen molar-refractivity contribution >= 4 is 21.8 Å². The van der Waals surface area contributed by atoms with Gasteiger partial charge in [-0.2, -0.15) is 5.10 Å². The van der Waals surface area contributed by atoms with Gasteiger partial charge in [0.1, 0.15) is 17.3 Å². The topological polar surface area (TPSA) is 44.9 Å². The summed E-state index contributed by atoms with van der Waals surface area (Å²) in [5.41, 5.74) is 11.8. The van der Waals surface area contributed by atoms with E-state index in [-0.39, 0.29) is 5.41 Å². The van der Waals surface area contributed by atoms with E-state index < -0.39 is 0 Å². The highest BCUT2D eigenvalue weighted by molar-refractivity contribution is 6.09. The van der Waals surface area contributed by atoms with Crippen LogP contribution in [0.25, 0.3) is 44.4 Å². The van der Waals surface area contributed by atoms with Gasteiger partial charge in [0.15, 0.2) is 0 Å². The van der Waals surface area contributed by atoms with Gasteiger partial charge in [-0.1, -0.05) is 98.7 Å². The van der Waals surface area contributed by atoms with Crippen molar-refractivity contribution in [3.05, 3.63) is 131 Å². The number of pyridine rings is 1. The van der Waals surface area contributed by atoms with Crippen LogP contribution >= 0.6 is 0 Å². The Kier molecular flexibility index (Phi) is 9.56. The minimum absolute atomic E-state index is 0.000262. The van der Waals surface area contributed by atoms with E-state index >= 15 is 0 Å². The first-order valence-corrected chi connectivity index (χ1v) is 19.0. The van der Waals surface area contributed by atoms with Gasteiger partial charge >= 0.3 is 0 Å². The van der Waals surface area contributed by atoms with Crippen molar-refractivity contribution in [2.24, 2.45) is 5.92 Å². The minimum atomic E-state index is 0.000262. The maximum absolute atomic E-state index is 6.83. The summed E-state index contributed by atoms with van der Waals surface area (Å²) in [6.07, 6.45) is 4.70. The lowest BCUT2D eigenvalue weighted by atomic mass is 9.88. The van der Waals surface area contributed by atoms with E-state index in [9.17, 15) is 0 Å². The predicted molar refractivity (Wildman–Crippen MR) is 218 cm³/mol. The molecular formula is C47H52N4O. The summed E-state index contributed by atoms with van der Waals surface area (Å²) in [4.78, 5) is 4.92. The number of fused-ring (bicyclic) bond motifs is 3. The van der Waals surface area contributed by atoms with Gasteiger partial charge in [-0.3, -0.25) is 4.57 Å². The SMILES string of the molecule is CCc1nn(-c2cc(Oc3ccc4c5cc(CC(C)C)ccc5n(-c5cc(C(C)(C)C)ccn5)c4c3)cc(C(C)C)c2)c(CC)c1-c1ccccc1. The molecule has 3 aromatic heterocycles.